The smallest absolute Gasteiger partial charge is 0.253 e. The van der Waals surface area contributed by atoms with Crippen molar-refractivity contribution in [2.24, 2.45) is 0 Å². The minimum Gasteiger partial charge on any atom is -0.391 e. The van der Waals surface area contributed by atoms with E-state index in [0.29, 0.717) is 17.7 Å². The highest BCUT2D eigenvalue weighted by Gasteiger charge is 2.25. The number of aryl methyl sites for hydroxylation is 2. The average Bonchev–Trinajstić information content (AvgIpc) is 2.41. The molecule has 5 nitrogen and oxygen atoms in total. The van der Waals surface area contributed by atoms with Crippen molar-refractivity contribution < 1.29 is 9.90 Å². The van der Waals surface area contributed by atoms with Gasteiger partial charge in [0.2, 0.25) is 0 Å². The van der Waals surface area contributed by atoms with Gasteiger partial charge in [0.15, 0.2) is 0 Å². The van der Waals surface area contributed by atoms with Crippen LogP contribution in [0.15, 0.2) is 6.07 Å². The van der Waals surface area contributed by atoms with E-state index in [2.05, 4.69) is 15.5 Å². The second-order valence-corrected chi connectivity index (χ2v) is 5.13. The molecule has 1 amide bonds. The van der Waals surface area contributed by atoms with Gasteiger partial charge in [-0.25, -0.2) is 0 Å². The van der Waals surface area contributed by atoms with Crippen molar-refractivity contribution >= 4 is 5.91 Å². The summed E-state index contributed by atoms with van der Waals surface area (Å²) in [6.07, 6.45) is 3.92. The minimum atomic E-state index is -0.432. The Morgan fingerprint density at radius 3 is 2.84 bits per heavy atom. The summed E-state index contributed by atoms with van der Waals surface area (Å²) in [5.74, 6) is -0.152. The summed E-state index contributed by atoms with van der Waals surface area (Å²) >= 11 is 0. The van der Waals surface area contributed by atoms with Crippen molar-refractivity contribution in [1.29, 1.82) is 0 Å². The van der Waals surface area contributed by atoms with E-state index < -0.39 is 6.10 Å². The maximum Gasteiger partial charge on any atom is 0.253 e. The van der Waals surface area contributed by atoms with E-state index in [1.165, 1.54) is 0 Å². The van der Waals surface area contributed by atoms with Crippen molar-refractivity contribution in [3.05, 3.63) is 23.0 Å². The number of amides is 1. The van der Waals surface area contributed by atoms with Crippen LogP contribution in [0.1, 0.15) is 54.4 Å². The van der Waals surface area contributed by atoms with E-state index in [4.69, 9.17) is 0 Å². The third-order valence-corrected chi connectivity index (χ3v) is 3.62. The second-order valence-electron chi connectivity index (χ2n) is 5.13. The number of carbonyl (C=O) groups is 1. The summed E-state index contributed by atoms with van der Waals surface area (Å²) in [5.41, 5.74) is 2.01. The lowest BCUT2D eigenvalue weighted by molar-refractivity contribution is 0.0716. The lowest BCUT2D eigenvalue weighted by atomic mass is 9.92. The minimum absolute atomic E-state index is 0.139. The summed E-state index contributed by atoms with van der Waals surface area (Å²) in [5, 5.41) is 20.9. The fourth-order valence-corrected chi connectivity index (χ4v) is 2.50. The molecule has 1 aromatic heterocycles. The Morgan fingerprint density at radius 1 is 1.42 bits per heavy atom. The fraction of sp³-hybridized carbons (Fsp3) is 0.643. The van der Waals surface area contributed by atoms with Gasteiger partial charge in [0.1, 0.15) is 0 Å². The fourth-order valence-electron chi connectivity index (χ4n) is 2.50. The van der Waals surface area contributed by atoms with Crippen LogP contribution in [0.3, 0.4) is 0 Å². The molecule has 1 aliphatic carbocycles. The molecule has 2 N–H and O–H groups in total. The highest BCUT2D eigenvalue weighted by Crippen LogP contribution is 2.19. The van der Waals surface area contributed by atoms with Crippen LogP contribution in [-0.2, 0) is 6.42 Å². The lowest BCUT2D eigenvalue weighted by Gasteiger charge is -2.28. The Morgan fingerprint density at radius 2 is 2.16 bits per heavy atom. The van der Waals surface area contributed by atoms with Crippen LogP contribution in [0.5, 0.6) is 0 Å². The molecule has 1 heterocycles. The van der Waals surface area contributed by atoms with Crippen LogP contribution < -0.4 is 5.32 Å². The van der Waals surface area contributed by atoms with Crippen molar-refractivity contribution in [3.63, 3.8) is 0 Å². The largest absolute Gasteiger partial charge is 0.391 e. The number of nitrogens with zero attached hydrogens (tertiary/aromatic N) is 2. The molecule has 19 heavy (non-hydrogen) atoms. The standard InChI is InChI=1S/C14H21N3O2/c1-3-11-10(8-9(2)16-17-11)14(19)15-12-6-4-5-7-13(12)18/h8,12-13,18H,3-7H2,1-2H3,(H,15,19)/t12-,13-/m1/s1. The van der Waals surface area contributed by atoms with Gasteiger partial charge in [0.25, 0.3) is 5.91 Å². The third-order valence-electron chi connectivity index (χ3n) is 3.62. The summed E-state index contributed by atoms with van der Waals surface area (Å²) < 4.78 is 0. The molecule has 0 bridgehead atoms. The van der Waals surface area contributed by atoms with E-state index in [0.717, 1.165) is 31.4 Å². The lowest BCUT2D eigenvalue weighted by Crippen LogP contribution is -2.45. The average molecular weight is 263 g/mol. The molecule has 1 fully saturated rings. The van der Waals surface area contributed by atoms with Crippen LogP contribution in [-0.4, -0.2) is 33.4 Å². The SMILES string of the molecule is CCc1nnc(C)cc1C(=O)N[C@@H]1CCCC[C@H]1O. The van der Waals surface area contributed by atoms with Gasteiger partial charge in [-0.1, -0.05) is 19.8 Å². The Bertz CT molecular complexity index is 462. The van der Waals surface area contributed by atoms with E-state index in [1.54, 1.807) is 6.07 Å². The molecule has 0 saturated heterocycles. The van der Waals surface area contributed by atoms with Crippen LogP contribution in [0.25, 0.3) is 0 Å². The summed E-state index contributed by atoms with van der Waals surface area (Å²) in [4.78, 5) is 12.3. The van der Waals surface area contributed by atoms with Gasteiger partial charge in [-0.15, -0.1) is 0 Å². The highest BCUT2D eigenvalue weighted by atomic mass is 16.3. The quantitative estimate of drug-likeness (QED) is 0.864. The third kappa shape index (κ3) is 3.29. The summed E-state index contributed by atoms with van der Waals surface area (Å²) in [7, 11) is 0. The van der Waals surface area contributed by atoms with Gasteiger partial charge in [0.05, 0.1) is 29.1 Å². The maximum absolute atomic E-state index is 12.3. The van der Waals surface area contributed by atoms with E-state index in [9.17, 15) is 9.90 Å². The molecule has 1 aromatic rings. The number of aliphatic hydroxyl groups is 1. The Labute approximate surface area is 113 Å². The summed E-state index contributed by atoms with van der Waals surface area (Å²) in [6.45, 7) is 3.77. The second kappa shape index (κ2) is 6.10. The first kappa shape index (κ1) is 13.9. The molecule has 0 aliphatic heterocycles. The molecule has 0 spiro atoms. The first-order chi connectivity index (χ1) is 9.11. The number of nitrogens with one attached hydrogen (secondary N) is 1. The van der Waals surface area contributed by atoms with Crippen LogP contribution in [0.4, 0.5) is 0 Å². The van der Waals surface area contributed by atoms with Crippen molar-refractivity contribution in [2.75, 3.05) is 0 Å². The molecule has 104 valence electrons. The van der Waals surface area contributed by atoms with Crippen molar-refractivity contribution in [1.82, 2.24) is 15.5 Å². The van der Waals surface area contributed by atoms with Gasteiger partial charge in [0, 0.05) is 0 Å². The van der Waals surface area contributed by atoms with E-state index >= 15 is 0 Å². The number of carbonyl (C=O) groups excluding carboxylic acids is 1. The Balaban J connectivity index is 2.13. The van der Waals surface area contributed by atoms with Crippen LogP contribution in [0, 0.1) is 6.92 Å². The monoisotopic (exact) mass is 263 g/mol. The molecule has 0 radical (unpaired) electrons. The highest BCUT2D eigenvalue weighted by molar-refractivity contribution is 5.95. The molecule has 2 rings (SSSR count). The zero-order valence-corrected chi connectivity index (χ0v) is 11.5. The molecular formula is C14H21N3O2. The van der Waals surface area contributed by atoms with Gasteiger partial charge in [-0.2, -0.15) is 10.2 Å². The van der Waals surface area contributed by atoms with Gasteiger partial charge in [-0.05, 0) is 32.3 Å². The number of hydrogen-bond acceptors (Lipinski definition) is 4. The number of hydrogen-bond donors (Lipinski definition) is 2. The zero-order chi connectivity index (χ0) is 13.8. The first-order valence-electron chi connectivity index (χ1n) is 6.94. The number of aromatic nitrogens is 2. The molecule has 2 atom stereocenters. The predicted octanol–water partition coefficient (Wildman–Crippen LogP) is 1.38. The first-order valence-corrected chi connectivity index (χ1v) is 6.94. The molecule has 0 aromatic carbocycles. The molecular weight excluding hydrogens is 242 g/mol. The predicted molar refractivity (Wildman–Crippen MR) is 71.9 cm³/mol. The van der Waals surface area contributed by atoms with Crippen LogP contribution >= 0.6 is 0 Å². The summed E-state index contributed by atoms with van der Waals surface area (Å²) in [6, 6.07) is 1.62. The van der Waals surface area contributed by atoms with Crippen LogP contribution in [0.2, 0.25) is 0 Å². The topological polar surface area (TPSA) is 75.1 Å². The van der Waals surface area contributed by atoms with Gasteiger partial charge < -0.3 is 10.4 Å². The van der Waals surface area contributed by atoms with Crippen molar-refractivity contribution in [3.8, 4) is 0 Å². The molecule has 1 aliphatic rings. The number of aliphatic hydroxyl groups excluding tert-OH is 1. The zero-order valence-electron chi connectivity index (χ0n) is 11.5. The maximum atomic E-state index is 12.3. The van der Waals surface area contributed by atoms with E-state index in [-0.39, 0.29) is 11.9 Å². The van der Waals surface area contributed by atoms with E-state index in [1.807, 2.05) is 13.8 Å². The Kier molecular flexibility index (Phi) is 4.47. The van der Waals surface area contributed by atoms with Gasteiger partial charge >= 0.3 is 0 Å². The van der Waals surface area contributed by atoms with Gasteiger partial charge in [-0.3, -0.25) is 4.79 Å². The molecule has 5 heteroatoms. The number of rotatable bonds is 3. The molecule has 0 unspecified atom stereocenters. The normalized spacial score (nSPS) is 23.1. The van der Waals surface area contributed by atoms with Crippen molar-refractivity contribution in [2.45, 2.75) is 58.1 Å². The molecule has 1 saturated carbocycles. The Hall–Kier alpha value is -1.49.